The molecule has 0 fully saturated rings. The fraction of sp³-hybridized carbons (Fsp3) is 0.111. The van der Waals surface area contributed by atoms with Gasteiger partial charge in [-0.15, -0.1) is 5.10 Å². The maximum absolute atomic E-state index is 13.2. The Labute approximate surface area is 104 Å². The molecule has 0 bridgehead atoms. The quantitative estimate of drug-likeness (QED) is 0.686. The first-order valence-corrected chi connectivity index (χ1v) is 5.40. The minimum atomic E-state index is -1.16. The number of quaternary nitrogens is 1. The van der Waals surface area contributed by atoms with Crippen LogP contribution in [-0.2, 0) is 0 Å². The second-order valence-corrected chi connectivity index (χ2v) is 4.43. The van der Waals surface area contributed by atoms with Crippen molar-refractivity contribution in [1.82, 2.24) is 11.1 Å². The van der Waals surface area contributed by atoms with E-state index in [0.29, 0.717) is 10.0 Å². The average Bonchev–Trinajstić information content (AvgIpc) is 2.65. The zero-order chi connectivity index (χ0) is 12.6. The van der Waals surface area contributed by atoms with Crippen LogP contribution >= 0.6 is 15.9 Å². The number of rotatable bonds is 1. The molecule has 1 aromatic carbocycles. The van der Waals surface area contributed by atoms with E-state index in [0.717, 1.165) is 0 Å². The molecule has 8 heteroatoms. The molecule has 1 aliphatic rings. The van der Waals surface area contributed by atoms with Crippen molar-refractivity contribution in [3.8, 4) is 0 Å². The molecule has 90 valence electrons. The standard InChI is InChI=1S/C9H8BrFN4O2/c1-15(9(16)17)8(12-13-14-15)6-4-5(11)2-3-7(6)10/h2-4,13-14H,1H3/p+1. The largest absolute Gasteiger partial charge is 0.541 e. The van der Waals surface area contributed by atoms with Crippen molar-refractivity contribution in [2.75, 3.05) is 7.05 Å². The Bertz CT molecular complexity index is 522. The number of hydrazone groups is 1. The third-order valence-electron chi connectivity index (χ3n) is 2.41. The number of carbonyl (C=O) groups is 1. The number of amides is 1. The number of hydrazine groups is 1. The summed E-state index contributed by atoms with van der Waals surface area (Å²) in [6.07, 6.45) is -1.16. The first-order valence-electron chi connectivity index (χ1n) is 4.61. The van der Waals surface area contributed by atoms with E-state index in [1.807, 2.05) is 0 Å². The van der Waals surface area contributed by atoms with E-state index in [4.69, 9.17) is 5.11 Å². The summed E-state index contributed by atoms with van der Waals surface area (Å²) in [7, 11) is 1.39. The van der Waals surface area contributed by atoms with Gasteiger partial charge in [0.25, 0.3) is 5.84 Å². The molecular weight excluding hydrogens is 295 g/mol. The van der Waals surface area contributed by atoms with Crippen molar-refractivity contribution in [2.24, 2.45) is 5.10 Å². The van der Waals surface area contributed by atoms with Crippen LogP contribution in [0.15, 0.2) is 27.8 Å². The van der Waals surface area contributed by atoms with Gasteiger partial charge in [0.15, 0.2) is 0 Å². The number of hydrogen-bond acceptors (Lipinski definition) is 4. The van der Waals surface area contributed by atoms with Gasteiger partial charge in [0.05, 0.1) is 5.56 Å². The molecule has 2 rings (SSSR count). The Morgan fingerprint density at radius 1 is 1.59 bits per heavy atom. The predicted octanol–water partition coefficient (Wildman–Crippen LogP) is 1.40. The lowest BCUT2D eigenvalue weighted by Crippen LogP contribution is -2.60. The monoisotopic (exact) mass is 303 g/mol. The van der Waals surface area contributed by atoms with E-state index >= 15 is 0 Å². The van der Waals surface area contributed by atoms with E-state index in [1.165, 1.54) is 25.2 Å². The molecule has 0 aromatic heterocycles. The molecule has 0 saturated carbocycles. The van der Waals surface area contributed by atoms with Gasteiger partial charge in [0.2, 0.25) is 0 Å². The SMILES string of the molecule is C[N+]1(C(=O)O)NNN=C1c1cc(F)ccc1Br. The molecule has 1 aliphatic heterocycles. The molecule has 1 heterocycles. The molecule has 1 atom stereocenters. The van der Waals surface area contributed by atoms with E-state index in [1.54, 1.807) is 0 Å². The van der Waals surface area contributed by atoms with Gasteiger partial charge < -0.3 is 5.11 Å². The van der Waals surface area contributed by atoms with Gasteiger partial charge in [-0.05, 0) is 39.7 Å². The van der Waals surface area contributed by atoms with Gasteiger partial charge in [0.1, 0.15) is 12.9 Å². The Morgan fingerprint density at radius 2 is 2.29 bits per heavy atom. The zero-order valence-electron chi connectivity index (χ0n) is 8.74. The lowest BCUT2D eigenvalue weighted by molar-refractivity contribution is -0.792. The number of halogens is 2. The highest BCUT2D eigenvalue weighted by atomic mass is 79.9. The summed E-state index contributed by atoms with van der Waals surface area (Å²) in [4.78, 5) is 11.2. The highest BCUT2D eigenvalue weighted by Crippen LogP contribution is 2.23. The molecule has 1 unspecified atom stereocenters. The number of amidine groups is 1. The van der Waals surface area contributed by atoms with E-state index in [9.17, 15) is 9.18 Å². The summed E-state index contributed by atoms with van der Waals surface area (Å²) in [6, 6.07) is 3.99. The number of benzene rings is 1. The normalized spacial score (nSPS) is 23.1. The summed E-state index contributed by atoms with van der Waals surface area (Å²) in [5, 5.41) is 13.0. The van der Waals surface area contributed by atoms with Crippen LogP contribution in [0.2, 0.25) is 0 Å². The molecule has 1 aromatic rings. The van der Waals surface area contributed by atoms with Gasteiger partial charge >= 0.3 is 6.09 Å². The number of carboxylic acid groups (broad SMARTS) is 1. The fourth-order valence-corrected chi connectivity index (χ4v) is 1.86. The van der Waals surface area contributed by atoms with Crippen molar-refractivity contribution >= 4 is 27.9 Å². The molecule has 0 saturated heterocycles. The number of nitrogens with one attached hydrogen (secondary N) is 2. The lowest BCUT2D eigenvalue weighted by Gasteiger charge is -2.20. The van der Waals surface area contributed by atoms with Crippen LogP contribution < -0.4 is 11.1 Å². The Morgan fingerprint density at radius 3 is 2.94 bits per heavy atom. The van der Waals surface area contributed by atoms with Crippen molar-refractivity contribution in [3.05, 3.63) is 34.1 Å². The third-order valence-corrected chi connectivity index (χ3v) is 3.10. The molecule has 0 radical (unpaired) electrons. The first kappa shape index (κ1) is 12.0. The smallest absolute Gasteiger partial charge is 0.434 e. The van der Waals surface area contributed by atoms with Crippen LogP contribution in [0.4, 0.5) is 9.18 Å². The maximum Gasteiger partial charge on any atom is 0.541 e. The van der Waals surface area contributed by atoms with Crippen LogP contribution in [0.25, 0.3) is 0 Å². The second-order valence-electron chi connectivity index (χ2n) is 3.57. The van der Waals surface area contributed by atoms with Crippen LogP contribution in [0, 0.1) is 5.82 Å². The molecule has 3 N–H and O–H groups in total. The Kier molecular flexibility index (Phi) is 2.86. The molecule has 0 spiro atoms. The van der Waals surface area contributed by atoms with Gasteiger partial charge in [-0.3, -0.25) is 0 Å². The first-order chi connectivity index (χ1) is 7.95. The Balaban J connectivity index is 2.53. The van der Waals surface area contributed by atoms with Crippen molar-refractivity contribution in [2.45, 2.75) is 0 Å². The molecular formula is C9H9BrFN4O2+. The second kappa shape index (κ2) is 4.06. The van der Waals surface area contributed by atoms with Crippen molar-refractivity contribution in [1.29, 1.82) is 0 Å². The van der Waals surface area contributed by atoms with Crippen LogP contribution in [0.3, 0.4) is 0 Å². The van der Waals surface area contributed by atoms with Crippen molar-refractivity contribution < 1.29 is 18.9 Å². The molecule has 6 nitrogen and oxygen atoms in total. The van der Waals surface area contributed by atoms with Gasteiger partial charge in [-0.25, -0.2) is 4.39 Å². The van der Waals surface area contributed by atoms with Crippen LogP contribution in [0.5, 0.6) is 0 Å². The predicted molar refractivity (Wildman–Crippen MR) is 61.1 cm³/mol. The van der Waals surface area contributed by atoms with E-state index in [2.05, 4.69) is 32.1 Å². The zero-order valence-corrected chi connectivity index (χ0v) is 10.3. The minimum Gasteiger partial charge on any atom is -0.434 e. The maximum atomic E-state index is 13.2. The molecule has 0 aliphatic carbocycles. The summed E-state index contributed by atoms with van der Waals surface area (Å²) in [6.45, 7) is 0. The average molecular weight is 304 g/mol. The molecule has 17 heavy (non-hydrogen) atoms. The molecule has 1 amide bonds. The highest BCUT2D eigenvalue weighted by molar-refractivity contribution is 9.10. The lowest BCUT2D eigenvalue weighted by atomic mass is 10.2. The fourth-order valence-electron chi connectivity index (χ4n) is 1.44. The van der Waals surface area contributed by atoms with Crippen LogP contribution in [0.1, 0.15) is 5.56 Å². The summed E-state index contributed by atoms with van der Waals surface area (Å²) < 4.78 is 13.1. The third kappa shape index (κ3) is 1.90. The van der Waals surface area contributed by atoms with Gasteiger partial charge in [0, 0.05) is 4.47 Å². The van der Waals surface area contributed by atoms with E-state index in [-0.39, 0.29) is 5.84 Å². The minimum absolute atomic E-state index is 0.156. The topological polar surface area (TPSA) is 73.7 Å². The van der Waals surface area contributed by atoms with Crippen molar-refractivity contribution in [3.63, 3.8) is 0 Å². The van der Waals surface area contributed by atoms with Gasteiger partial charge in [-0.1, -0.05) is 4.59 Å². The Hall–Kier alpha value is -1.51. The summed E-state index contributed by atoms with van der Waals surface area (Å²) in [5.41, 5.74) is 5.21. The summed E-state index contributed by atoms with van der Waals surface area (Å²) >= 11 is 3.24. The van der Waals surface area contributed by atoms with Gasteiger partial charge in [-0.2, -0.15) is 10.3 Å². The van der Waals surface area contributed by atoms with E-state index < -0.39 is 16.5 Å². The highest BCUT2D eigenvalue weighted by Gasteiger charge is 2.45. The number of nitrogens with zero attached hydrogens (tertiary/aromatic N) is 2. The number of hydrogen-bond donors (Lipinski definition) is 3. The summed E-state index contributed by atoms with van der Waals surface area (Å²) in [5.74, 6) is -0.307. The van der Waals surface area contributed by atoms with Crippen LogP contribution in [-0.4, -0.2) is 28.7 Å².